The van der Waals surface area contributed by atoms with Crippen molar-refractivity contribution in [3.8, 4) is 0 Å². The quantitative estimate of drug-likeness (QED) is 0.673. The summed E-state index contributed by atoms with van der Waals surface area (Å²) >= 11 is 0. The third kappa shape index (κ3) is 5.54. The van der Waals surface area contributed by atoms with Crippen molar-refractivity contribution in [2.24, 2.45) is 5.92 Å². The van der Waals surface area contributed by atoms with Gasteiger partial charge in [0.25, 0.3) is 5.91 Å². The molecule has 0 bridgehead atoms. The zero-order valence-corrected chi connectivity index (χ0v) is 18.0. The summed E-state index contributed by atoms with van der Waals surface area (Å²) in [6, 6.07) is 5.75. The summed E-state index contributed by atoms with van der Waals surface area (Å²) in [4.78, 5) is 27.7. The first-order valence-electron chi connectivity index (χ1n) is 11.8. The maximum Gasteiger partial charge on any atom is 0.253 e. The van der Waals surface area contributed by atoms with Crippen molar-refractivity contribution < 1.29 is 14.3 Å². The summed E-state index contributed by atoms with van der Waals surface area (Å²) in [5.41, 5.74) is 2.31. The van der Waals surface area contributed by atoms with Crippen LogP contribution in [-0.2, 0) is 9.53 Å². The van der Waals surface area contributed by atoms with Crippen LogP contribution < -0.4 is 15.5 Å². The molecule has 6 heteroatoms. The van der Waals surface area contributed by atoms with Crippen LogP contribution >= 0.6 is 0 Å². The van der Waals surface area contributed by atoms with E-state index in [2.05, 4.69) is 15.5 Å². The zero-order chi connectivity index (χ0) is 20.8. The first-order chi connectivity index (χ1) is 14.7. The Hall–Kier alpha value is -2.08. The van der Waals surface area contributed by atoms with Gasteiger partial charge in [-0.15, -0.1) is 0 Å². The molecule has 4 rings (SSSR count). The van der Waals surface area contributed by atoms with Gasteiger partial charge in [-0.2, -0.15) is 0 Å². The third-order valence-corrected chi connectivity index (χ3v) is 6.74. The highest BCUT2D eigenvalue weighted by atomic mass is 16.5. The minimum absolute atomic E-state index is 0.0431. The number of nitrogens with one attached hydrogen (secondary N) is 2. The molecule has 0 aromatic heterocycles. The van der Waals surface area contributed by atoms with E-state index in [0.29, 0.717) is 30.1 Å². The predicted octanol–water partition coefficient (Wildman–Crippen LogP) is 4.10. The van der Waals surface area contributed by atoms with Crippen LogP contribution in [0.25, 0.3) is 0 Å². The van der Waals surface area contributed by atoms with Gasteiger partial charge in [0.05, 0.1) is 11.7 Å². The summed E-state index contributed by atoms with van der Waals surface area (Å²) in [6.45, 7) is 3.26. The van der Waals surface area contributed by atoms with Gasteiger partial charge in [0.1, 0.15) is 0 Å². The molecule has 6 nitrogen and oxygen atoms in total. The average molecular weight is 414 g/mol. The molecule has 3 aliphatic rings. The molecule has 2 amide bonds. The second kappa shape index (κ2) is 10.3. The van der Waals surface area contributed by atoms with Gasteiger partial charge in [-0.25, -0.2) is 0 Å². The summed E-state index contributed by atoms with van der Waals surface area (Å²) < 4.78 is 5.63. The summed E-state index contributed by atoms with van der Waals surface area (Å²) in [6.07, 6.45) is 11.1. The van der Waals surface area contributed by atoms with Gasteiger partial charge in [0.15, 0.2) is 0 Å². The molecule has 1 aliphatic carbocycles. The smallest absolute Gasteiger partial charge is 0.253 e. The van der Waals surface area contributed by atoms with E-state index in [4.69, 9.17) is 4.74 Å². The van der Waals surface area contributed by atoms with E-state index in [-0.39, 0.29) is 17.9 Å². The average Bonchev–Trinajstić information content (AvgIpc) is 3.54. The molecule has 2 aliphatic heterocycles. The van der Waals surface area contributed by atoms with Crippen LogP contribution in [-0.4, -0.2) is 44.2 Å². The summed E-state index contributed by atoms with van der Waals surface area (Å²) in [5.74, 6) is 0.656. The maximum atomic E-state index is 13.0. The van der Waals surface area contributed by atoms with Crippen LogP contribution in [0.4, 0.5) is 11.4 Å². The van der Waals surface area contributed by atoms with Gasteiger partial charge in [-0.3, -0.25) is 9.59 Å². The van der Waals surface area contributed by atoms with Gasteiger partial charge < -0.3 is 20.3 Å². The van der Waals surface area contributed by atoms with Crippen LogP contribution in [0.1, 0.15) is 74.6 Å². The van der Waals surface area contributed by atoms with E-state index in [1.807, 2.05) is 18.2 Å². The van der Waals surface area contributed by atoms with Crippen molar-refractivity contribution in [2.45, 2.75) is 70.3 Å². The number of ether oxygens (including phenoxy) is 1. The minimum Gasteiger partial charge on any atom is -0.376 e. The highest BCUT2D eigenvalue weighted by Gasteiger charge is 2.23. The van der Waals surface area contributed by atoms with Gasteiger partial charge in [0.2, 0.25) is 5.91 Å². The fraction of sp³-hybridized carbons (Fsp3) is 0.667. The molecule has 0 unspecified atom stereocenters. The zero-order valence-electron chi connectivity index (χ0n) is 18.0. The van der Waals surface area contributed by atoms with Crippen molar-refractivity contribution >= 4 is 23.2 Å². The second-order valence-electron chi connectivity index (χ2n) is 9.01. The largest absolute Gasteiger partial charge is 0.376 e. The maximum absolute atomic E-state index is 13.0. The van der Waals surface area contributed by atoms with Crippen molar-refractivity contribution in [3.05, 3.63) is 23.8 Å². The molecule has 3 fully saturated rings. The Morgan fingerprint density at radius 2 is 1.83 bits per heavy atom. The molecule has 2 N–H and O–H groups in total. The lowest BCUT2D eigenvalue weighted by Gasteiger charge is -2.22. The van der Waals surface area contributed by atoms with Gasteiger partial charge in [-0.1, -0.05) is 25.7 Å². The molecular weight excluding hydrogens is 378 g/mol. The molecule has 2 saturated heterocycles. The van der Waals surface area contributed by atoms with E-state index in [9.17, 15) is 9.59 Å². The second-order valence-corrected chi connectivity index (χ2v) is 9.01. The Labute approximate surface area is 179 Å². The Balaban J connectivity index is 1.41. The first kappa shape index (κ1) is 21.2. The molecule has 1 saturated carbocycles. The first-order valence-corrected chi connectivity index (χ1v) is 11.8. The predicted molar refractivity (Wildman–Crippen MR) is 119 cm³/mol. The van der Waals surface area contributed by atoms with Crippen LogP contribution in [0.15, 0.2) is 18.2 Å². The Morgan fingerprint density at radius 1 is 1.03 bits per heavy atom. The van der Waals surface area contributed by atoms with Crippen molar-refractivity contribution in [3.63, 3.8) is 0 Å². The number of hydrogen-bond donors (Lipinski definition) is 2. The van der Waals surface area contributed by atoms with Crippen molar-refractivity contribution in [2.75, 3.05) is 36.5 Å². The van der Waals surface area contributed by atoms with E-state index >= 15 is 0 Å². The Morgan fingerprint density at radius 3 is 2.57 bits per heavy atom. The van der Waals surface area contributed by atoms with Crippen LogP contribution in [0, 0.1) is 5.92 Å². The monoisotopic (exact) mass is 413 g/mol. The Kier molecular flexibility index (Phi) is 7.26. The van der Waals surface area contributed by atoms with E-state index < -0.39 is 0 Å². The van der Waals surface area contributed by atoms with Crippen LogP contribution in [0.3, 0.4) is 0 Å². The molecule has 164 valence electrons. The van der Waals surface area contributed by atoms with E-state index in [1.54, 1.807) is 0 Å². The van der Waals surface area contributed by atoms with Crippen molar-refractivity contribution in [1.29, 1.82) is 0 Å². The molecular formula is C24H35N3O3. The normalized spacial score (nSPS) is 21.9. The molecule has 1 atom stereocenters. The Bertz CT molecular complexity index is 733. The number of rotatable bonds is 8. The number of carbonyl (C=O) groups excluding carboxylic acids is 2. The standard InChI is InChI=1S/C24H35N3O3/c28-23(12-9-18-6-1-2-7-18)26-19-10-11-22(27-13-3-4-14-27)21(16-19)24(29)25-17-20-8-5-15-30-20/h10-11,16,18,20H,1-9,12-15,17H2,(H,25,29)(H,26,28)/t20-/m1/s1. The summed E-state index contributed by atoms with van der Waals surface area (Å²) in [5, 5.41) is 6.06. The number of nitrogens with zero attached hydrogens (tertiary/aromatic N) is 1. The number of hydrogen-bond acceptors (Lipinski definition) is 4. The molecule has 0 spiro atoms. The minimum atomic E-state index is -0.0885. The number of benzene rings is 1. The van der Waals surface area contributed by atoms with Gasteiger partial charge in [-0.05, 0) is 56.2 Å². The summed E-state index contributed by atoms with van der Waals surface area (Å²) in [7, 11) is 0. The highest BCUT2D eigenvalue weighted by molar-refractivity contribution is 6.02. The lowest BCUT2D eigenvalue weighted by atomic mass is 10.0. The SMILES string of the molecule is O=C(CCC1CCCC1)Nc1ccc(N2CCCC2)c(C(=O)NC[C@H]2CCCO2)c1. The topological polar surface area (TPSA) is 70.7 Å². The third-order valence-electron chi connectivity index (χ3n) is 6.74. The van der Waals surface area contributed by atoms with Gasteiger partial charge in [0, 0.05) is 44.0 Å². The molecule has 0 radical (unpaired) electrons. The fourth-order valence-corrected chi connectivity index (χ4v) is 4.99. The fourth-order valence-electron chi connectivity index (χ4n) is 4.99. The van der Waals surface area contributed by atoms with Crippen molar-refractivity contribution in [1.82, 2.24) is 5.32 Å². The number of carbonyl (C=O) groups is 2. The lowest BCUT2D eigenvalue weighted by Crippen LogP contribution is -2.33. The molecule has 30 heavy (non-hydrogen) atoms. The molecule has 2 heterocycles. The van der Waals surface area contributed by atoms with E-state index in [1.165, 1.54) is 25.7 Å². The molecule has 1 aromatic carbocycles. The van der Waals surface area contributed by atoms with Crippen LogP contribution in [0.2, 0.25) is 0 Å². The van der Waals surface area contributed by atoms with Crippen LogP contribution in [0.5, 0.6) is 0 Å². The van der Waals surface area contributed by atoms with Gasteiger partial charge >= 0.3 is 0 Å². The molecule has 1 aromatic rings. The van der Waals surface area contributed by atoms with E-state index in [0.717, 1.165) is 57.5 Å². The number of amides is 2. The number of anilines is 2. The lowest BCUT2D eigenvalue weighted by molar-refractivity contribution is -0.116. The highest BCUT2D eigenvalue weighted by Crippen LogP contribution is 2.30.